The van der Waals surface area contributed by atoms with Gasteiger partial charge in [0.2, 0.25) is 11.8 Å². The van der Waals surface area contributed by atoms with Crippen LogP contribution in [0.15, 0.2) is 30.3 Å². The van der Waals surface area contributed by atoms with Gasteiger partial charge in [-0.25, -0.2) is 8.42 Å². The third-order valence-electron chi connectivity index (χ3n) is 4.72. The number of likely N-dealkylation sites (tertiary alicyclic amines) is 1. The summed E-state index contributed by atoms with van der Waals surface area (Å²) in [5.41, 5.74) is 1.34. The van der Waals surface area contributed by atoms with Crippen molar-refractivity contribution in [2.24, 2.45) is 5.92 Å². The lowest BCUT2D eigenvalue weighted by atomic mass is 10.0. The Hall–Kier alpha value is -1.89. The minimum absolute atomic E-state index is 0.186. The Bertz CT molecular complexity index is 718. The molecule has 1 saturated heterocycles. The SMILES string of the molecule is C[C@@H]1C(=O)N(CC(=O)NCCCCCCc2ccccc2)[C@H]1S(C)(=O)=O. The number of hydrogen-bond acceptors (Lipinski definition) is 4. The first-order valence-corrected chi connectivity index (χ1v) is 11.1. The van der Waals surface area contributed by atoms with E-state index in [9.17, 15) is 18.0 Å². The van der Waals surface area contributed by atoms with Gasteiger partial charge in [0.25, 0.3) is 0 Å². The molecule has 144 valence electrons. The van der Waals surface area contributed by atoms with Gasteiger partial charge in [0.15, 0.2) is 9.84 Å². The van der Waals surface area contributed by atoms with Crippen molar-refractivity contribution in [3.63, 3.8) is 0 Å². The summed E-state index contributed by atoms with van der Waals surface area (Å²) in [6.45, 7) is 1.94. The number of nitrogens with one attached hydrogen (secondary N) is 1. The fourth-order valence-corrected chi connectivity index (χ4v) is 4.86. The molecule has 0 unspecified atom stereocenters. The zero-order valence-corrected chi connectivity index (χ0v) is 16.3. The highest BCUT2D eigenvalue weighted by atomic mass is 32.2. The third-order valence-corrected chi connectivity index (χ3v) is 6.26. The van der Waals surface area contributed by atoms with E-state index >= 15 is 0 Å². The van der Waals surface area contributed by atoms with Crippen molar-refractivity contribution in [2.75, 3.05) is 19.3 Å². The Balaban J connectivity index is 1.58. The molecule has 0 aliphatic carbocycles. The summed E-state index contributed by atoms with van der Waals surface area (Å²) in [7, 11) is -3.38. The van der Waals surface area contributed by atoms with Gasteiger partial charge >= 0.3 is 0 Å². The average molecular weight is 381 g/mol. The van der Waals surface area contributed by atoms with E-state index in [1.165, 1.54) is 5.56 Å². The number of aryl methyl sites for hydroxylation is 1. The third kappa shape index (κ3) is 5.56. The summed E-state index contributed by atoms with van der Waals surface area (Å²) < 4.78 is 23.4. The summed E-state index contributed by atoms with van der Waals surface area (Å²) in [5, 5.41) is 1.89. The standard InChI is InChI=1S/C19H28N2O4S/c1-15-18(23)21(19(15)26(2,24)25)14-17(22)20-13-9-4-3-6-10-16-11-7-5-8-12-16/h5,7-8,11-12,15,19H,3-4,6,9-10,13-14H2,1-2H3,(H,20,22)/t15-,19+/m1/s1. The molecule has 6 nitrogen and oxygen atoms in total. The van der Waals surface area contributed by atoms with E-state index in [1.54, 1.807) is 6.92 Å². The van der Waals surface area contributed by atoms with Crippen LogP contribution in [0, 0.1) is 5.92 Å². The number of rotatable bonds is 10. The molecule has 0 saturated carbocycles. The zero-order valence-electron chi connectivity index (χ0n) is 15.5. The van der Waals surface area contributed by atoms with Crippen molar-refractivity contribution in [3.8, 4) is 0 Å². The summed E-state index contributed by atoms with van der Waals surface area (Å²) in [4.78, 5) is 24.9. The maximum Gasteiger partial charge on any atom is 0.239 e. The lowest BCUT2D eigenvalue weighted by Gasteiger charge is -2.43. The Kier molecular flexibility index (Phi) is 7.20. The topological polar surface area (TPSA) is 83.6 Å². The van der Waals surface area contributed by atoms with E-state index in [1.807, 2.05) is 18.2 Å². The minimum Gasteiger partial charge on any atom is -0.355 e. The Morgan fingerprint density at radius 1 is 1.12 bits per heavy atom. The van der Waals surface area contributed by atoms with E-state index in [4.69, 9.17) is 0 Å². The number of carbonyl (C=O) groups excluding carboxylic acids is 2. The van der Waals surface area contributed by atoms with Crippen LogP contribution in [-0.2, 0) is 25.8 Å². The van der Waals surface area contributed by atoms with Gasteiger partial charge in [0.1, 0.15) is 11.9 Å². The van der Waals surface area contributed by atoms with Crippen molar-refractivity contribution < 1.29 is 18.0 Å². The predicted octanol–water partition coefficient (Wildman–Crippen LogP) is 1.75. The maximum absolute atomic E-state index is 11.9. The fraction of sp³-hybridized carbons (Fsp3) is 0.579. The molecule has 1 aliphatic heterocycles. The Morgan fingerprint density at radius 3 is 2.42 bits per heavy atom. The van der Waals surface area contributed by atoms with Crippen LogP contribution in [0.3, 0.4) is 0 Å². The summed E-state index contributed by atoms with van der Waals surface area (Å²) in [6.07, 6.45) is 6.28. The van der Waals surface area contributed by atoms with Gasteiger partial charge in [-0.1, -0.05) is 50.1 Å². The first-order chi connectivity index (χ1) is 12.3. The lowest BCUT2D eigenvalue weighted by Crippen LogP contribution is -2.64. The van der Waals surface area contributed by atoms with Crippen molar-refractivity contribution >= 4 is 21.7 Å². The number of benzene rings is 1. The van der Waals surface area contributed by atoms with E-state index in [-0.39, 0.29) is 18.4 Å². The maximum atomic E-state index is 11.9. The smallest absolute Gasteiger partial charge is 0.239 e. The van der Waals surface area contributed by atoms with Crippen molar-refractivity contribution in [1.29, 1.82) is 0 Å². The largest absolute Gasteiger partial charge is 0.355 e. The van der Waals surface area contributed by atoms with Crippen LogP contribution in [0.4, 0.5) is 0 Å². The van der Waals surface area contributed by atoms with Crippen molar-refractivity contribution in [1.82, 2.24) is 10.2 Å². The molecule has 1 N–H and O–H groups in total. The first kappa shape index (κ1) is 20.4. The van der Waals surface area contributed by atoms with Crippen LogP contribution in [0.2, 0.25) is 0 Å². The van der Waals surface area contributed by atoms with Crippen LogP contribution in [0.25, 0.3) is 0 Å². The second-order valence-electron chi connectivity index (χ2n) is 6.97. The fourth-order valence-electron chi connectivity index (χ4n) is 3.36. The van der Waals surface area contributed by atoms with Gasteiger partial charge in [-0.3, -0.25) is 9.59 Å². The molecule has 7 heteroatoms. The highest BCUT2D eigenvalue weighted by molar-refractivity contribution is 7.91. The first-order valence-electron chi connectivity index (χ1n) is 9.10. The molecular formula is C19H28N2O4S. The number of unbranched alkanes of at least 4 members (excludes halogenated alkanes) is 3. The van der Waals surface area contributed by atoms with Crippen LogP contribution < -0.4 is 5.32 Å². The number of sulfone groups is 1. The van der Waals surface area contributed by atoms with Crippen LogP contribution >= 0.6 is 0 Å². The molecule has 1 fully saturated rings. The molecule has 26 heavy (non-hydrogen) atoms. The van der Waals surface area contributed by atoms with Crippen LogP contribution in [0.1, 0.15) is 38.2 Å². The number of β-lactam (4-membered cyclic amide) rings is 1. The summed E-state index contributed by atoms with van der Waals surface area (Å²) in [6, 6.07) is 10.4. The van der Waals surface area contributed by atoms with E-state index in [0.717, 1.165) is 43.3 Å². The average Bonchev–Trinajstić information content (AvgIpc) is 2.60. The molecule has 0 aromatic heterocycles. The zero-order chi connectivity index (χ0) is 19.2. The molecule has 2 rings (SSSR count). The predicted molar refractivity (Wildman–Crippen MR) is 101 cm³/mol. The molecule has 0 radical (unpaired) electrons. The molecule has 2 atom stereocenters. The minimum atomic E-state index is -3.38. The quantitative estimate of drug-likeness (QED) is 0.495. The van der Waals surface area contributed by atoms with Gasteiger partial charge < -0.3 is 10.2 Å². The molecule has 1 aromatic rings. The van der Waals surface area contributed by atoms with E-state index in [0.29, 0.717) is 6.54 Å². The van der Waals surface area contributed by atoms with Gasteiger partial charge in [0.05, 0.1) is 5.92 Å². The van der Waals surface area contributed by atoms with Crippen LogP contribution in [-0.4, -0.2) is 49.9 Å². The monoisotopic (exact) mass is 380 g/mol. The lowest BCUT2D eigenvalue weighted by molar-refractivity contribution is -0.152. The highest BCUT2D eigenvalue weighted by Crippen LogP contribution is 2.29. The van der Waals surface area contributed by atoms with Crippen molar-refractivity contribution in [2.45, 2.75) is 44.4 Å². The number of hydrogen-bond donors (Lipinski definition) is 1. The van der Waals surface area contributed by atoms with Gasteiger partial charge in [-0.2, -0.15) is 0 Å². The Labute approximate surface area is 155 Å². The van der Waals surface area contributed by atoms with Crippen molar-refractivity contribution in [3.05, 3.63) is 35.9 Å². The van der Waals surface area contributed by atoms with Gasteiger partial charge in [-0.05, 0) is 24.8 Å². The van der Waals surface area contributed by atoms with Gasteiger partial charge in [-0.15, -0.1) is 0 Å². The number of carbonyl (C=O) groups is 2. The molecule has 1 aliphatic rings. The molecule has 1 heterocycles. The van der Waals surface area contributed by atoms with E-state index in [2.05, 4.69) is 17.4 Å². The molecule has 0 spiro atoms. The molecular weight excluding hydrogens is 352 g/mol. The van der Waals surface area contributed by atoms with Gasteiger partial charge in [0, 0.05) is 12.8 Å². The molecule has 0 bridgehead atoms. The second kappa shape index (κ2) is 9.16. The summed E-state index contributed by atoms with van der Waals surface area (Å²) in [5.74, 6) is -1.15. The normalized spacial score (nSPS) is 19.9. The number of nitrogens with zero attached hydrogens (tertiary/aromatic N) is 1. The molecule has 1 aromatic carbocycles. The number of amides is 2. The second-order valence-corrected chi connectivity index (χ2v) is 9.12. The summed E-state index contributed by atoms with van der Waals surface area (Å²) >= 11 is 0. The highest BCUT2D eigenvalue weighted by Gasteiger charge is 2.50. The van der Waals surface area contributed by atoms with Crippen LogP contribution in [0.5, 0.6) is 0 Å². The van der Waals surface area contributed by atoms with E-state index < -0.39 is 21.1 Å². The Morgan fingerprint density at radius 2 is 1.77 bits per heavy atom. The molecule has 2 amide bonds.